The van der Waals surface area contributed by atoms with Gasteiger partial charge in [0.1, 0.15) is 6.67 Å². The summed E-state index contributed by atoms with van der Waals surface area (Å²) in [5, 5.41) is 0. The Morgan fingerprint density at radius 1 is 1.04 bits per heavy atom. The molecule has 0 radical (unpaired) electrons. The Morgan fingerprint density at radius 2 is 1.71 bits per heavy atom. The van der Waals surface area contributed by atoms with Crippen LogP contribution in [0, 0.1) is 0 Å². The average molecular weight is 416 g/mol. The molecule has 0 atom stereocenters. The van der Waals surface area contributed by atoms with E-state index in [-0.39, 0.29) is 18.5 Å². The van der Waals surface area contributed by atoms with Crippen molar-refractivity contribution in [1.82, 2.24) is 14.7 Å². The van der Waals surface area contributed by atoms with Crippen LogP contribution in [0.2, 0.25) is 4.34 Å². The molecule has 0 bridgehead atoms. The number of benzene rings is 1. The minimum atomic E-state index is -0.239. The van der Waals surface area contributed by atoms with Gasteiger partial charge in [-0.2, -0.15) is 0 Å². The van der Waals surface area contributed by atoms with Crippen LogP contribution in [0.3, 0.4) is 0 Å². The predicted molar refractivity (Wildman–Crippen MR) is 107 cm³/mol. The number of fused-ring (bicyclic) bond motifs is 2. The van der Waals surface area contributed by atoms with Crippen molar-refractivity contribution in [2.75, 3.05) is 33.0 Å². The first-order valence-electron chi connectivity index (χ1n) is 9.14. The zero-order valence-electron chi connectivity index (χ0n) is 15.1. The normalized spacial score (nSPS) is 19.0. The van der Waals surface area contributed by atoms with Crippen molar-refractivity contribution in [3.8, 4) is 0 Å². The molecule has 6 nitrogen and oxygen atoms in total. The summed E-state index contributed by atoms with van der Waals surface area (Å²) >= 11 is 7.84. The van der Waals surface area contributed by atoms with E-state index in [1.807, 2.05) is 17.2 Å². The number of morpholine rings is 1. The lowest BCUT2D eigenvalue weighted by atomic mass is 10.1. The maximum atomic E-state index is 12.7. The third-order valence-corrected chi connectivity index (χ3v) is 6.51. The van der Waals surface area contributed by atoms with Gasteiger partial charge >= 0.3 is 0 Å². The zero-order chi connectivity index (χ0) is 19.3. The predicted octanol–water partition coefficient (Wildman–Crippen LogP) is 3.10. The van der Waals surface area contributed by atoms with E-state index >= 15 is 0 Å². The van der Waals surface area contributed by atoms with Gasteiger partial charge in [0.25, 0.3) is 11.8 Å². The third-order valence-electron chi connectivity index (χ3n) is 5.26. The fraction of sp³-hybridized carbons (Fsp3) is 0.300. The van der Waals surface area contributed by atoms with E-state index in [0.717, 1.165) is 33.6 Å². The number of carbonyl (C=O) groups excluding carboxylic acids is 2. The van der Waals surface area contributed by atoms with Crippen LogP contribution in [-0.2, 0) is 11.3 Å². The first kappa shape index (κ1) is 17.7. The average Bonchev–Trinajstić information content (AvgIpc) is 3.21. The highest BCUT2D eigenvalue weighted by Crippen LogP contribution is 2.38. The Morgan fingerprint density at radius 3 is 2.39 bits per heavy atom. The molecule has 28 heavy (non-hydrogen) atoms. The van der Waals surface area contributed by atoms with Crippen molar-refractivity contribution < 1.29 is 14.3 Å². The Balaban J connectivity index is 1.44. The molecular weight excluding hydrogens is 398 g/mol. The minimum Gasteiger partial charge on any atom is -0.378 e. The van der Waals surface area contributed by atoms with Crippen LogP contribution in [0.5, 0.6) is 0 Å². The van der Waals surface area contributed by atoms with Gasteiger partial charge in [-0.05, 0) is 18.2 Å². The largest absolute Gasteiger partial charge is 0.378 e. The lowest BCUT2D eigenvalue weighted by molar-refractivity contribution is 0.0563. The summed E-state index contributed by atoms with van der Waals surface area (Å²) < 4.78 is 6.22. The molecule has 144 valence electrons. The Hall–Kier alpha value is -2.35. The summed E-state index contributed by atoms with van der Waals surface area (Å²) in [6, 6.07) is 8.98. The zero-order valence-corrected chi connectivity index (χ0v) is 16.6. The number of thiophene rings is 1. The van der Waals surface area contributed by atoms with Crippen LogP contribution in [-0.4, -0.2) is 59.5 Å². The SMILES string of the molecule is O=C1c2ccccc2C(=O)N1CN1C=C(N2CCOCC2)c2cc(Cl)sc2C1. The third kappa shape index (κ3) is 2.90. The molecule has 0 N–H and O–H groups in total. The van der Waals surface area contributed by atoms with Crippen LogP contribution in [0.4, 0.5) is 0 Å². The molecule has 1 fully saturated rings. The quantitative estimate of drug-likeness (QED) is 0.721. The van der Waals surface area contributed by atoms with Crippen LogP contribution in [0.25, 0.3) is 5.70 Å². The van der Waals surface area contributed by atoms with Crippen LogP contribution >= 0.6 is 22.9 Å². The molecule has 0 unspecified atom stereocenters. The van der Waals surface area contributed by atoms with Crippen molar-refractivity contribution in [3.05, 3.63) is 62.4 Å². The summed E-state index contributed by atoms with van der Waals surface area (Å²) in [7, 11) is 0. The number of imide groups is 1. The number of ether oxygens (including phenoxy) is 1. The van der Waals surface area contributed by atoms with Gasteiger partial charge < -0.3 is 14.5 Å². The molecule has 1 saturated heterocycles. The summed E-state index contributed by atoms with van der Waals surface area (Å²) in [6.07, 6.45) is 2.04. The van der Waals surface area contributed by atoms with Gasteiger partial charge in [0.15, 0.2) is 0 Å². The molecule has 5 rings (SSSR count). The van der Waals surface area contributed by atoms with Gasteiger partial charge in [0.2, 0.25) is 0 Å². The van der Waals surface area contributed by atoms with Gasteiger partial charge in [-0.3, -0.25) is 14.5 Å². The van der Waals surface area contributed by atoms with Gasteiger partial charge in [0.05, 0.1) is 40.9 Å². The second-order valence-electron chi connectivity index (χ2n) is 6.97. The van der Waals surface area contributed by atoms with E-state index in [2.05, 4.69) is 4.90 Å². The Labute approximate surface area is 171 Å². The van der Waals surface area contributed by atoms with Crippen molar-refractivity contribution in [1.29, 1.82) is 0 Å². The number of halogens is 1. The molecule has 2 aromatic rings. The lowest BCUT2D eigenvalue weighted by Gasteiger charge is -2.36. The second-order valence-corrected chi connectivity index (χ2v) is 8.74. The maximum Gasteiger partial charge on any atom is 0.263 e. The van der Waals surface area contributed by atoms with E-state index in [1.54, 1.807) is 35.6 Å². The molecule has 0 saturated carbocycles. The van der Waals surface area contributed by atoms with Gasteiger partial charge in [-0.15, -0.1) is 11.3 Å². The summed E-state index contributed by atoms with van der Waals surface area (Å²) in [4.78, 5) is 32.2. The standard InChI is InChI=1S/C20H18ClN3O3S/c21-18-9-15-16(23-5-7-27-8-6-23)10-22(11-17(15)28-18)12-24-19(25)13-3-1-2-4-14(13)20(24)26/h1-4,9-10H,5-8,11-12H2. The highest BCUT2D eigenvalue weighted by Gasteiger charge is 2.36. The number of hydrogen-bond donors (Lipinski definition) is 0. The molecule has 8 heteroatoms. The second kappa shape index (κ2) is 6.92. The molecule has 4 heterocycles. The van der Waals surface area contributed by atoms with Crippen molar-refractivity contribution in [3.63, 3.8) is 0 Å². The molecule has 3 aliphatic heterocycles. The molecule has 1 aromatic carbocycles. The van der Waals surface area contributed by atoms with Gasteiger partial charge in [-0.1, -0.05) is 23.7 Å². The van der Waals surface area contributed by atoms with E-state index < -0.39 is 0 Å². The minimum absolute atomic E-state index is 0.217. The summed E-state index contributed by atoms with van der Waals surface area (Å²) in [5.74, 6) is -0.478. The van der Waals surface area contributed by atoms with Crippen LogP contribution in [0.15, 0.2) is 36.5 Å². The number of amides is 2. The van der Waals surface area contributed by atoms with Gasteiger partial charge in [0, 0.05) is 29.7 Å². The van der Waals surface area contributed by atoms with E-state index in [1.165, 1.54) is 4.90 Å². The monoisotopic (exact) mass is 415 g/mol. The van der Waals surface area contributed by atoms with E-state index in [0.29, 0.717) is 30.9 Å². The van der Waals surface area contributed by atoms with E-state index in [4.69, 9.17) is 16.3 Å². The van der Waals surface area contributed by atoms with Crippen molar-refractivity contribution in [2.45, 2.75) is 6.54 Å². The Kier molecular flexibility index (Phi) is 4.38. The highest BCUT2D eigenvalue weighted by molar-refractivity contribution is 7.16. The first-order valence-corrected chi connectivity index (χ1v) is 10.3. The molecule has 2 amide bonds. The molecule has 3 aliphatic rings. The molecular formula is C20H18ClN3O3S. The maximum absolute atomic E-state index is 12.7. The Bertz CT molecular complexity index is 961. The van der Waals surface area contributed by atoms with E-state index in [9.17, 15) is 9.59 Å². The molecule has 0 aliphatic carbocycles. The number of hydrogen-bond acceptors (Lipinski definition) is 6. The molecule has 1 aromatic heterocycles. The fourth-order valence-electron chi connectivity index (χ4n) is 3.90. The van der Waals surface area contributed by atoms with Gasteiger partial charge in [-0.25, -0.2) is 0 Å². The number of carbonyl (C=O) groups is 2. The topological polar surface area (TPSA) is 53.1 Å². The summed E-state index contributed by atoms with van der Waals surface area (Å²) in [6.45, 7) is 3.81. The van der Waals surface area contributed by atoms with Crippen molar-refractivity contribution >= 4 is 40.4 Å². The molecule has 0 spiro atoms. The number of nitrogens with zero attached hydrogens (tertiary/aromatic N) is 3. The van der Waals surface area contributed by atoms with Crippen LogP contribution in [0.1, 0.15) is 31.2 Å². The van der Waals surface area contributed by atoms with Crippen molar-refractivity contribution in [2.24, 2.45) is 0 Å². The smallest absolute Gasteiger partial charge is 0.263 e. The van der Waals surface area contributed by atoms with Crippen LogP contribution < -0.4 is 0 Å². The first-order chi connectivity index (χ1) is 13.6. The highest BCUT2D eigenvalue weighted by atomic mass is 35.5. The number of rotatable bonds is 3. The summed E-state index contributed by atoms with van der Waals surface area (Å²) in [5.41, 5.74) is 3.16. The lowest BCUT2D eigenvalue weighted by Crippen LogP contribution is -2.41. The fourth-order valence-corrected chi connectivity index (χ4v) is 5.20.